The molecule has 4 rings (SSSR count). The Hall–Kier alpha value is -3.19. The van der Waals surface area contributed by atoms with Crippen LogP contribution in [0.5, 0.6) is 5.75 Å². The third-order valence-electron chi connectivity index (χ3n) is 4.13. The molecular formula is C18H17N5O2. The molecule has 0 radical (unpaired) electrons. The first-order valence-corrected chi connectivity index (χ1v) is 8.03. The standard InChI is InChI=1S/C18H17N5O2/c1-2-25-15-6-8-21-17-16(15)23(18(24)22-17)12-3-4-14-13(9-12)11(10-19)5-7-20-14/h3-9H,2,10,19H2,1H3,(H,21,22,24). The molecule has 3 aromatic heterocycles. The fourth-order valence-electron chi connectivity index (χ4n) is 3.03. The van der Waals surface area contributed by atoms with E-state index in [-0.39, 0.29) is 5.69 Å². The number of benzene rings is 1. The molecule has 0 saturated heterocycles. The Morgan fingerprint density at radius 2 is 2.04 bits per heavy atom. The number of H-pyrrole nitrogens is 1. The first-order chi connectivity index (χ1) is 12.2. The van der Waals surface area contributed by atoms with Crippen molar-refractivity contribution in [1.29, 1.82) is 0 Å². The van der Waals surface area contributed by atoms with Crippen molar-refractivity contribution in [3.63, 3.8) is 0 Å². The second-order valence-electron chi connectivity index (χ2n) is 5.58. The number of aromatic nitrogens is 4. The van der Waals surface area contributed by atoms with E-state index in [1.54, 1.807) is 23.0 Å². The lowest BCUT2D eigenvalue weighted by Gasteiger charge is -2.10. The Morgan fingerprint density at radius 1 is 1.20 bits per heavy atom. The van der Waals surface area contributed by atoms with Crippen molar-refractivity contribution in [1.82, 2.24) is 19.5 Å². The molecule has 0 bridgehead atoms. The summed E-state index contributed by atoms with van der Waals surface area (Å²) in [6, 6.07) is 9.29. The minimum atomic E-state index is -0.271. The molecule has 3 heterocycles. The lowest BCUT2D eigenvalue weighted by atomic mass is 10.1. The Labute approximate surface area is 143 Å². The van der Waals surface area contributed by atoms with Crippen LogP contribution < -0.4 is 16.2 Å². The van der Waals surface area contributed by atoms with Gasteiger partial charge in [0.15, 0.2) is 5.65 Å². The van der Waals surface area contributed by atoms with E-state index < -0.39 is 0 Å². The molecule has 3 N–H and O–H groups in total. The van der Waals surface area contributed by atoms with E-state index in [4.69, 9.17) is 10.5 Å². The van der Waals surface area contributed by atoms with Gasteiger partial charge >= 0.3 is 5.69 Å². The highest BCUT2D eigenvalue weighted by Crippen LogP contribution is 2.26. The van der Waals surface area contributed by atoms with Crippen LogP contribution in [0.25, 0.3) is 27.8 Å². The number of nitrogens with two attached hydrogens (primary N) is 1. The minimum Gasteiger partial charge on any atom is -0.491 e. The van der Waals surface area contributed by atoms with Gasteiger partial charge < -0.3 is 10.5 Å². The fraction of sp³-hybridized carbons (Fsp3) is 0.167. The molecule has 0 fully saturated rings. The van der Waals surface area contributed by atoms with E-state index in [1.165, 1.54) is 0 Å². The van der Waals surface area contributed by atoms with Gasteiger partial charge in [0.25, 0.3) is 0 Å². The van der Waals surface area contributed by atoms with Gasteiger partial charge in [-0.15, -0.1) is 0 Å². The number of pyridine rings is 2. The van der Waals surface area contributed by atoms with Gasteiger partial charge in [0.1, 0.15) is 11.3 Å². The van der Waals surface area contributed by atoms with Crippen molar-refractivity contribution < 1.29 is 4.74 Å². The molecule has 0 aliphatic carbocycles. The first-order valence-electron chi connectivity index (χ1n) is 8.03. The summed E-state index contributed by atoms with van der Waals surface area (Å²) in [6.07, 6.45) is 3.35. The summed E-state index contributed by atoms with van der Waals surface area (Å²) in [4.78, 5) is 23.9. The highest BCUT2D eigenvalue weighted by Gasteiger charge is 2.15. The average molecular weight is 335 g/mol. The molecule has 7 nitrogen and oxygen atoms in total. The maximum absolute atomic E-state index is 12.6. The van der Waals surface area contributed by atoms with Crippen molar-refractivity contribution >= 4 is 22.1 Å². The number of hydrogen-bond donors (Lipinski definition) is 2. The van der Waals surface area contributed by atoms with Gasteiger partial charge in [0.05, 0.1) is 17.8 Å². The SMILES string of the molecule is CCOc1ccnc2[nH]c(=O)n(-c3ccc4nccc(CN)c4c3)c12. The molecule has 4 aromatic rings. The number of nitrogens with zero attached hydrogens (tertiary/aromatic N) is 3. The number of rotatable bonds is 4. The van der Waals surface area contributed by atoms with Crippen molar-refractivity contribution in [3.05, 3.63) is 58.8 Å². The summed E-state index contributed by atoms with van der Waals surface area (Å²) >= 11 is 0. The number of fused-ring (bicyclic) bond motifs is 2. The number of imidazole rings is 1. The van der Waals surface area contributed by atoms with Gasteiger partial charge in [-0.05, 0) is 36.8 Å². The van der Waals surface area contributed by atoms with Crippen LogP contribution in [0.3, 0.4) is 0 Å². The van der Waals surface area contributed by atoms with Crippen LogP contribution in [0.1, 0.15) is 12.5 Å². The quantitative estimate of drug-likeness (QED) is 0.595. The Morgan fingerprint density at radius 3 is 2.84 bits per heavy atom. The minimum absolute atomic E-state index is 0.271. The van der Waals surface area contributed by atoms with Crippen LogP contribution in [0, 0.1) is 0 Å². The van der Waals surface area contributed by atoms with E-state index in [0.29, 0.717) is 35.8 Å². The smallest absolute Gasteiger partial charge is 0.332 e. The Balaban J connectivity index is 2.03. The molecule has 126 valence electrons. The lowest BCUT2D eigenvalue weighted by molar-refractivity contribution is 0.343. The molecule has 0 atom stereocenters. The molecule has 25 heavy (non-hydrogen) atoms. The van der Waals surface area contributed by atoms with E-state index in [9.17, 15) is 4.79 Å². The van der Waals surface area contributed by atoms with Crippen LogP contribution >= 0.6 is 0 Å². The number of nitrogens with one attached hydrogen (secondary N) is 1. The second-order valence-corrected chi connectivity index (χ2v) is 5.58. The summed E-state index contributed by atoms with van der Waals surface area (Å²) < 4.78 is 7.24. The van der Waals surface area contributed by atoms with E-state index >= 15 is 0 Å². The fourth-order valence-corrected chi connectivity index (χ4v) is 3.03. The molecule has 0 spiro atoms. The summed E-state index contributed by atoms with van der Waals surface area (Å²) in [6.45, 7) is 2.80. The van der Waals surface area contributed by atoms with Crippen LogP contribution in [-0.4, -0.2) is 26.1 Å². The van der Waals surface area contributed by atoms with Gasteiger partial charge in [0, 0.05) is 30.4 Å². The van der Waals surface area contributed by atoms with Crippen molar-refractivity contribution in [3.8, 4) is 11.4 Å². The molecule has 0 amide bonds. The van der Waals surface area contributed by atoms with Crippen molar-refractivity contribution in [2.45, 2.75) is 13.5 Å². The maximum Gasteiger partial charge on any atom is 0.332 e. The van der Waals surface area contributed by atoms with Crippen molar-refractivity contribution in [2.24, 2.45) is 5.73 Å². The van der Waals surface area contributed by atoms with Gasteiger partial charge in [-0.2, -0.15) is 0 Å². The van der Waals surface area contributed by atoms with Crippen LogP contribution in [0.4, 0.5) is 0 Å². The number of hydrogen-bond acceptors (Lipinski definition) is 5. The third kappa shape index (κ3) is 2.45. The zero-order chi connectivity index (χ0) is 17.4. The monoisotopic (exact) mass is 335 g/mol. The molecule has 0 aliphatic heterocycles. The predicted molar refractivity (Wildman–Crippen MR) is 96.1 cm³/mol. The van der Waals surface area contributed by atoms with Gasteiger partial charge in [-0.1, -0.05) is 0 Å². The lowest BCUT2D eigenvalue weighted by Crippen LogP contribution is -2.15. The highest BCUT2D eigenvalue weighted by molar-refractivity contribution is 5.86. The van der Waals surface area contributed by atoms with Crippen LogP contribution in [0.2, 0.25) is 0 Å². The predicted octanol–water partition coefficient (Wildman–Crippen LogP) is 2.12. The third-order valence-corrected chi connectivity index (χ3v) is 4.13. The summed E-state index contributed by atoms with van der Waals surface area (Å²) in [5.74, 6) is 0.608. The number of aromatic amines is 1. The molecular weight excluding hydrogens is 318 g/mol. The average Bonchev–Trinajstić information content (AvgIpc) is 2.98. The summed E-state index contributed by atoms with van der Waals surface area (Å²) in [5, 5.41) is 0.922. The van der Waals surface area contributed by atoms with E-state index in [2.05, 4.69) is 15.0 Å². The molecule has 7 heteroatoms. The summed E-state index contributed by atoms with van der Waals surface area (Å²) in [7, 11) is 0. The normalized spacial score (nSPS) is 11.3. The number of ether oxygens (including phenoxy) is 1. The zero-order valence-electron chi connectivity index (χ0n) is 13.7. The van der Waals surface area contributed by atoms with Crippen molar-refractivity contribution in [2.75, 3.05) is 6.61 Å². The highest BCUT2D eigenvalue weighted by atomic mass is 16.5. The zero-order valence-corrected chi connectivity index (χ0v) is 13.7. The first kappa shape index (κ1) is 15.3. The largest absolute Gasteiger partial charge is 0.491 e. The summed E-state index contributed by atoms with van der Waals surface area (Å²) in [5.41, 5.74) is 9.19. The molecule has 0 unspecified atom stereocenters. The van der Waals surface area contributed by atoms with Crippen LogP contribution in [-0.2, 0) is 6.54 Å². The van der Waals surface area contributed by atoms with E-state index in [0.717, 1.165) is 16.5 Å². The van der Waals surface area contributed by atoms with Gasteiger partial charge in [-0.25, -0.2) is 9.78 Å². The molecule has 0 saturated carbocycles. The molecule has 1 aromatic carbocycles. The Kier molecular flexibility index (Phi) is 3.70. The maximum atomic E-state index is 12.6. The van der Waals surface area contributed by atoms with Gasteiger partial charge in [0.2, 0.25) is 0 Å². The van der Waals surface area contributed by atoms with E-state index in [1.807, 2.05) is 31.2 Å². The Bertz CT molecular complexity index is 1130. The topological polar surface area (TPSA) is 98.8 Å². The van der Waals surface area contributed by atoms with Gasteiger partial charge in [-0.3, -0.25) is 14.5 Å². The molecule has 0 aliphatic rings. The van der Waals surface area contributed by atoms with Crippen LogP contribution in [0.15, 0.2) is 47.5 Å². The second kappa shape index (κ2) is 6.03.